The summed E-state index contributed by atoms with van der Waals surface area (Å²) in [7, 11) is 0. The number of hydrogen-bond acceptors (Lipinski definition) is 4. The maximum absolute atomic E-state index is 13.2. The average molecular weight is 431 g/mol. The van der Waals surface area contributed by atoms with Gasteiger partial charge in [-0.2, -0.15) is 0 Å². The first kappa shape index (κ1) is 21.1. The van der Waals surface area contributed by atoms with Crippen LogP contribution in [0, 0.1) is 5.82 Å². The molecule has 0 radical (unpaired) electrons. The van der Waals surface area contributed by atoms with Crippen LogP contribution in [0.15, 0.2) is 66.3 Å². The van der Waals surface area contributed by atoms with E-state index in [-0.39, 0.29) is 17.5 Å². The van der Waals surface area contributed by atoms with E-state index in [1.807, 2.05) is 23.6 Å². The van der Waals surface area contributed by atoms with Crippen LogP contribution < -0.4 is 4.90 Å². The van der Waals surface area contributed by atoms with Crippen LogP contribution in [-0.4, -0.2) is 33.0 Å². The van der Waals surface area contributed by atoms with Gasteiger partial charge in [-0.15, -0.1) is 16.8 Å². The van der Waals surface area contributed by atoms with Crippen LogP contribution in [0.4, 0.5) is 10.1 Å². The Morgan fingerprint density at radius 1 is 1.21 bits per heavy atom. The summed E-state index contributed by atoms with van der Waals surface area (Å²) in [5.41, 5.74) is 1.54. The number of rotatable bonds is 8. The molecular formula is C21H20ClFN4OS. The number of nitrogens with zero attached hydrogens (tertiary/aromatic N) is 4. The molecule has 0 N–H and O–H groups in total. The van der Waals surface area contributed by atoms with Crippen LogP contribution in [0.3, 0.4) is 0 Å². The van der Waals surface area contributed by atoms with E-state index in [9.17, 15) is 9.18 Å². The van der Waals surface area contributed by atoms with E-state index in [4.69, 9.17) is 11.6 Å². The number of benzene rings is 2. The molecule has 3 aromatic rings. The van der Waals surface area contributed by atoms with E-state index >= 15 is 0 Å². The summed E-state index contributed by atoms with van der Waals surface area (Å²) in [5, 5.41) is 9.80. The van der Waals surface area contributed by atoms with Gasteiger partial charge in [0, 0.05) is 29.4 Å². The highest BCUT2D eigenvalue weighted by Crippen LogP contribution is 2.26. The predicted molar refractivity (Wildman–Crippen MR) is 116 cm³/mol. The fourth-order valence-corrected chi connectivity index (χ4v) is 3.78. The first-order valence-corrected chi connectivity index (χ1v) is 10.4. The van der Waals surface area contributed by atoms with Gasteiger partial charge in [0.05, 0.1) is 5.75 Å². The van der Waals surface area contributed by atoms with E-state index in [1.165, 1.54) is 23.9 Å². The zero-order valence-electron chi connectivity index (χ0n) is 15.9. The summed E-state index contributed by atoms with van der Waals surface area (Å²) in [5.74, 6) is 0.438. The highest BCUT2D eigenvalue weighted by Gasteiger charge is 2.18. The van der Waals surface area contributed by atoms with Crippen molar-refractivity contribution >= 4 is 35.0 Å². The molecule has 0 saturated heterocycles. The first-order valence-electron chi connectivity index (χ1n) is 9.02. The van der Waals surface area contributed by atoms with Gasteiger partial charge in [0.2, 0.25) is 5.91 Å². The molecule has 0 aliphatic rings. The molecule has 0 aliphatic heterocycles. The van der Waals surface area contributed by atoms with Gasteiger partial charge >= 0.3 is 0 Å². The lowest BCUT2D eigenvalue weighted by molar-refractivity contribution is -0.116. The van der Waals surface area contributed by atoms with Gasteiger partial charge < -0.3 is 4.90 Å². The number of carbonyl (C=O) groups is 1. The Hall–Kier alpha value is -2.64. The molecule has 0 spiro atoms. The third-order valence-electron chi connectivity index (χ3n) is 4.21. The lowest BCUT2D eigenvalue weighted by atomic mass is 10.2. The van der Waals surface area contributed by atoms with Crippen molar-refractivity contribution in [2.24, 2.45) is 0 Å². The Morgan fingerprint density at radius 3 is 2.52 bits per heavy atom. The number of carbonyl (C=O) groups excluding carboxylic acids is 1. The van der Waals surface area contributed by atoms with Crippen molar-refractivity contribution in [3.8, 4) is 11.4 Å². The van der Waals surface area contributed by atoms with Crippen molar-refractivity contribution in [3.05, 3.63) is 72.0 Å². The first-order chi connectivity index (χ1) is 14.0. The molecule has 0 saturated carbocycles. The zero-order chi connectivity index (χ0) is 20.8. The highest BCUT2D eigenvalue weighted by molar-refractivity contribution is 7.99. The van der Waals surface area contributed by atoms with Crippen LogP contribution in [0.2, 0.25) is 5.02 Å². The smallest absolute Gasteiger partial charge is 0.237 e. The molecule has 0 fully saturated rings. The zero-order valence-corrected chi connectivity index (χ0v) is 17.5. The third kappa shape index (κ3) is 5.05. The second-order valence-corrected chi connectivity index (χ2v) is 7.49. The molecule has 1 heterocycles. The van der Waals surface area contributed by atoms with E-state index in [1.54, 1.807) is 35.2 Å². The normalized spacial score (nSPS) is 10.7. The van der Waals surface area contributed by atoms with Gasteiger partial charge in [-0.25, -0.2) is 4.39 Å². The van der Waals surface area contributed by atoms with Gasteiger partial charge in [0.15, 0.2) is 11.0 Å². The molecule has 150 valence electrons. The molecular weight excluding hydrogens is 411 g/mol. The van der Waals surface area contributed by atoms with Crippen molar-refractivity contribution in [2.75, 3.05) is 17.2 Å². The molecule has 1 aromatic heterocycles. The number of hydrogen-bond donors (Lipinski definition) is 0. The Morgan fingerprint density at radius 2 is 1.90 bits per heavy atom. The summed E-state index contributed by atoms with van der Waals surface area (Å²) in [6.45, 7) is 6.67. The van der Waals surface area contributed by atoms with E-state index in [0.717, 1.165) is 5.56 Å². The van der Waals surface area contributed by atoms with Gasteiger partial charge in [-0.1, -0.05) is 29.4 Å². The van der Waals surface area contributed by atoms with Crippen LogP contribution in [0.1, 0.15) is 6.92 Å². The Kier molecular flexibility index (Phi) is 7.06. The van der Waals surface area contributed by atoms with Crippen molar-refractivity contribution < 1.29 is 9.18 Å². The summed E-state index contributed by atoms with van der Waals surface area (Å²) in [6, 6.07) is 13.2. The molecule has 0 aliphatic carbocycles. The Bertz CT molecular complexity index is 989. The lowest BCUT2D eigenvalue weighted by Gasteiger charge is -2.20. The van der Waals surface area contributed by atoms with Gasteiger partial charge in [0.1, 0.15) is 5.82 Å². The minimum absolute atomic E-state index is 0.0923. The third-order valence-corrected chi connectivity index (χ3v) is 5.41. The average Bonchev–Trinajstić information content (AvgIpc) is 3.12. The minimum atomic E-state index is -0.334. The molecule has 3 rings (SSSR count). The van der Waals surface area contributed by atoms with Gasteiger partial charge in [-0.05, 0) is 55.5 Å². The van der Waals surface area contributed by atoms with E-state index < -0.39 is 0 Å². The summed E-state index contributed by atoms with van der Waals surface area (Å²) < 4.78 is 15.1. The predicted octanol–water partition coefficient (Wildman–Crippen LogP) is 5.07. The van der Waals surface area contributed by atoms with Crippen molar-refractivity contribution in [2.45, 2.75) is 18.6 Å². The summed E-state index contributed by atoms with van der Waals surface area (Å²) in [6.07, 6.45) is 1.76. The van der Waals surface area contributed by atoms with Crippen LogP contribution in [-0.2, 0) is 11.3 Å². The molecule has 8 heteroatoms. The topological polar surface area (TPSA) is 51.0 Å². The minimum Gasteiger partial charge on any atom is -0.312 e. The second-order valence-electron chi connectivity index (χ2n) is 6.12. The number of allylic oxidation sites excluding steroid dienone is 1. The van der Waals surface area contributed by atoms with Crippen molar-refractivity contribution in [1.82, 2.24) is 14.8 Å². The van der Waals surface area contributed by atoms with Crippen LogP contribution >= 0.6 is 23.4 Å². The Balaban J connectivity index is 1.77. The molecule has 0 bridgehead atoms. The molecule has 29 heavy (non-hydrogen) atoms. The fraction of sp³-hybridized carbons (Fsp3) is 0.190. The maximum Gasteiger partial charge on any atom is 0.237 e. The summed E-state index contributed by atoms with van der Waals surface area (Å²) >= 11 is 7.27. The number of anilines is 1. The number of halogens is 2. The largest absolute Gasteiger partial charge is 0.312 e. The molecule has 2 aromatic carbocycles. The van der Waals surface area contributed by atoms with Gasteiger partial charge in [0.25, 0.3) is 0 Å². The lowest BCUT2D eigenvalue weighted by Crippen LogP contribution is -2.32. The highest BCUT2D eigenvalue weighted by atomic mass is 35.5. The second kappa shape index (κ2) is 9.71. The van der Waals surface area contributed by atoms with Crippen LogP contribution in [0.25, 0.3) is 11.4 Å². The quantitative estimate of drug-likeness (QED) is 0.370. The number of thioether (sulfide) groups is 1. The van der Waals surface area contributed by atoms with Crippen LogP contribution in [0.5, 0.6) is 0 Å². The summed E-state index contributed by atoms with van der Waals surface area (Å²) in [4.78, 5) is 14.3. The number of amides is 1. The Labute approximate surface area is 178 Å². The van der Waals surface area contributed by atoms with E-state index in [0.29, 0.717) is 34.8 Å². The van der Waals surface area contributed by atoms with Gasteiger partial charge in [-0.3, -0.25) is 9.36 Å². The fourth-order valence-electron chi connectivity index (χ4n) is 2.83. The molecule has 0 unspecified atom stereocenters. The molecule has 5 nitrogen and oxygen atoms in total. The molecule has 0 atom stereocenters. The van der Waals surface area contributed by atoms with Crippen molar-refractivity contribution in [3.63, 3.8) is 0 Å². The number of aromatic nitrogens is 3. The van der Waals surface area contributed by atoms with Crippen molar-refractivity contribution in [1.29, 1.82) is 0 Å². The monoisotopic (exact) mass is 430 g/mol. The molecule has 1 amide bonds. The maximum atomic E-state index is 13.2. The van der Waals surface area contributed by atoms with E-state index in [2.05, 4.69) is 16.8 Å². The standard InChI is InChI=1S/C21H20ClFN4OS/c1-3-13-27-20(15-5-7-16(22)8-6-15)24-25-21(27)29-14-19(28)26(4-2)18-11-9-17(23)10-12-18/h3,5-12H,1,4,13-14H2,2H3. The SMILES string of the molecule is C=CCn1c(SCC(=O)N(CC)c2ccc(F)cc2)nnc1-c1ccc(Cl)cc1.